The number of carbonyl (C=O) groups is 1. The summed E-state index contributed by atoms with van der Waals surface area (Å²) in [4.78, 5) is 12.3. The monoisotopic (exact) mass is 350 g/mol. The number of aromatic nitrogens is 1. The molecule has 1 heterocycles. The van der Waals surface area contributed by atoms with Gasteiger partial charge in [0.05, 0.1) is 10.5 Å². The van der Waals surface area contributed by atoms with Crippen LogP contribution >= 0.6 is 23.8 Å². The molecule has 118 valence electrons. The lowest BCUT2D eigenvalue weighted by Crippen LogP contribution is -2.14. The van der Waals surface area contributed by atoms with Crippen molar-refractivity contribution in [3.05, 3.63) is 58.1 Å². The number of aryl methyl sites for hydroxylation is 1. The molecule has 23 heavy (non-hydrogen) atoms. The van der Waals surface area contributed by atoms with Crippen molar-refractivity contribution in [3.63, 3.8) is 0 Å². The molecule has 0 bridgehead atoms. The van der Waals surface area contributed by atoms with E-state index in [0.717, 1.165) is 5.52 Å². The maximum atomic E-state index is 13.1. The quantitative estimate of drug-likeness (QED) is 0.688. The van der Waals surface area contributed by atoms with Crippen molar-refractivity contribution in [1.29, 1.82) is 0 Å². The molecule has 0 aliphatic rings. The molecule has 0 unspecified atom stereocenters. The van der Waals surface area contributed by atoms with E-state index in [2.05, 4.69) is 5.32 Å². The Bertz CT molecular complexity index is 935. The van der Waals surface area contributed by atoms with Crippen LogP contribution in [0.25, 0.3) is 11.1 Å². The molecule has 0 aliphatic carbocycles. The van der Waals surface area contributed by atoms with Gasteiger partial charge in [-0.3, -0.25) is 9.36 Å². The van der Waals surface area contributed by atoms with Gasteiger partial charge in [-0.15, -0.1) is 0 Å². The number of halogens is 2. The molecular formula is C16H12ClFN2O2S. The highest BCUT2D eigenvalue weighted by Gasteiger charge is 2.09. The second-order valence-corrected chi connectivity index (χ2v) is 5.67. The van der Waals surface area contributed by atoms with Crippen LogP contribution in [0.4, 0.5) is 10.1 Å². The summed E-state index contributed by atoms with van der Waals surface area (Å²) in [5.41, 5.74) is 1.97. The average Bonchev–Trinajstić information content (AvgIpc) is 2.84. The fourth-order valence-electron chi connectivity index (χ4n) is 2.24. The minimum atomic E-state index is -0.527. The predicted octanol–water partition coefficient (Wildman–Crippen LogP) is 4.79. The molecule has 0 atom stereocenters. The lowest BCUT2D eigenvalue weighted by atomic mass is 10.3. The summed E-state index contributed by atoms with van der Waals surface area (Å²) in [5, 5.41) is 2.64. The van der Waals surface area contributed by atoms with Crippen molar-refractivity contribution >= 4 is 46.5 Å². The molecule has 0 saturated carbocycles. The zero-order chi connectivity index (χ0) is 16.4. The van der Waals surface area contributed by atoms with E-state index in [0.29, 0.717) is 22.7 Å². The Morgan fingerprint density at radius 2 is 2.09 bits per heavy atom. The number of amides is 1. The van der Waals surface area contributed by atoms with E-state index in [1.165, 1.54) is 18.2 Å². The van der Waals surface area contributed by atoms with Gasteiger partial charge in [-0.2, -0.15) is 0 Å². The van der Waals surface area contributed by atoms with Crippen LogP contribution in [0.2, 0.25) is 5.02 Å². The number of fused-ring (bicyclic) bond motifs is 1. The van der Waals surface area contributed by atoms with Crippen LogP contribution in [0.15, 0.2) is 46.9 Å². The number of para-hydroxylation sites is 2. The molecule has 0 spiro atoms. The van der Waals surface area contributed by atoms with Crippen LogP contribution in [-0.4, -0.2) is 10.5 Å². The van der Waals surface area contributed by atoms with Gasteiger partial charge >= 0.3 is 0 Å². The van der Waals surface area contributed by atoms with Crippen molar-refractivity contribution in [2.45, 2.75) is 13.0 Å². The Morgan fingerprint density at radius 1 is 1.30 bits per heavy atom. The van der Waals surface area contributed by atoms with Crippen LogP contribution in [-0.2, 0) is 11.3 Å². The number of hydrogen-bond acceptors (Lipinski definition) is 3. The topological polar surface area (TPSA) is 47.2 Å². The van der Waals surface area contributed by atoms with Crippen molar-refractivity contribution in [2.75, 3.05) is 5.32 Å². The maximum absolute atomic E-state index is 13.1. The molecule has 0 aliphatic heterocycles. The number of hydrogen-bond donors (Lipinski definition) is 1. The number of carbonyl (C=O) groups excluding carboxylic acids is 1. The molecule has 3 rings (SSSR count). The van der Waals surface area contributed by atoms with Crippen molar-refractivity contribution in [1.82, 2.24) is 4.57 Å². The average molecular weight is 351 g/mol. The van der Waals surface area contributed by atoms with E-state index < -0.39 is 5.82 Å². The summed E-state index contributed by atoms with van der Waals surface area (Å²) < 4.78 is 20.3. The van der Waals surface area contributed by atoms with E-state index in [-0.39, 0.29) is 17.4 Å². The molecule has 7 heteroatoms. The van der Waals surface area contributed by atoms with Gasteiger partial charge in [0.25, 0.3) is 4.84 Å². The summed E-state index contributed by atoms with van der Waals surface area (Å²) in [5.74, 6) is -0.749. The summed E-state index contributed by atoms with van der Waals surface area (Å²) in [6.07, 6.45) is 0.201. The molecule has 0 saturated heterocycles. The van der Waals surface area contributed by atoms with Crippen LogP contribution in [0, 0.1) is 10.7 Å². The summed E-state index contributed by atoms with van der Waals surface area (Å²) in [7, 11) is 0. The Hall–Kier alpha value is -2.18. The van der Waals surface area contributed by atoms with E-state index in [4.69, 9.17) is 28.2 Å². The van der Waals surface area contributed by atoms with Crippen LogP contribution in [0.3, 0.4) is 0 Å². The first-order valence-corrected chi connectivity index (χ1v) is 7.66. The van der Waals surface area contributed by atoms with Crippen LogP contribution in [0.1, 0.15) is 6.42 Å². The Labute approximate surface area is 141 Å². The number of rotatable bonds is 4. The van der Waals surface area contributed by atoms with E-state index in [1.54, 1.807) is 4.57 Å². The Morgan fingerprint density at radius 3 is 2.87 bits per heavy atom. The third kappa shape index (κ3) is 3.43. The zero-order valence-corrected chi connectivity index (χ0v) is 13.5. The lowest BCUT2D eigenvalue weighted by molar-refractivity contribution is -0.116. The van der Waals surface area contributed by atoms with Gasteiger partial charge in [0.2, 0.25) is 5.91 Å². The van der Waals surface area contributed by atoms with Crippen LogP contribution < -0.4 is 5.32 Å². The molecule has 0 fully saturated rings. The number of anilines is 1. The van der Waals surface area contributed by atoms with Gasteiger partial charge < -0.3 is 9.73 Å². The van der Waals surface area contributed by atoms with Crippen molar-refractivity contribution in [2.24, 2.45) is 0 Å². The fraction of sp³-hybridized carbons (Fsp3) is 0.125. The van der Waals surface area contributed by atoms with Gasteiger partial charge in [0, 0.05) is 18.7 Å². The highest BCUT2D eigenvalue weighted by molar-refractivity contribution is 7.71. The largest absolute Gasteiger partial charge is 0.429 e. The molecule has 0 radical (unpaired) electrons. The Balaban J connectivity index is 1.70. The van der Waals surface area contributed by atoms with Gasteiger partial charge in [-0.25, -0.2) is 4.39 Å². The second-order valence-electron chi connectivity index (χ2n) is 4.91. The van der Waals surface area contributed by atoms with E-state index >= 15 is 0 Å². The van der Waals surface area contributed by atoms with Crippen LogP contribution in [0.5, 0.6) is 0 Å². The first-order valence-electron chi connectivity index (χ1n) is 6.88. The molecule has 4 nitrogen and oxygen atoms in total. The van der Waals surface area contributed by atoms with Crippen molar-refractivity contribution in [3.8, 4) is 0 Å². The Kier molecular flexibility index (Phi) is 4.45. The molecule has 3 aromatic rings. The highest BCUT2D eigenvalue weighted by atomic mass is 35.5. The van der Waals surface area contributed by atoms with Crippen molar-refractivity contribution < 1.29 is 13.6 Å². The SMILES string of the molecule is O=C(CCn1c(=S)oc2ccccc21)Nc1ccc(F)c(Cl)c1. The summed E-state index contributed by atoms with van der Waals surface area (Å²) in [6, 6.07) is 11.5. The lowest BCUT2D eigenvalue weighted by Gasteiger charge is -2.07. The number of nitrogens with zero attached hydrogens (tertiary/aromatic N) is 1. The third-order valence-electron chi connectivity index (χ3n) is 3.34. The number of benzene rings is 2. The highest BCUT2D eigenvalue weighted by Crippen LogP contribution is 2.20. The first kappa shape index (κ1) is 15.7. The van der Waals surface area contributed by atoms with Gasteiger partial charge in [0.1, 0.15) is 5.82 Å². The number of nitrogens with one attached hydrogen (secondary N) is 1. The smallest absolute Gasteiger partial charge is 0.269 e. The molecule has 2 aromatic carbocycles. The maximum Gasteiger partial charge on any atom is 0.269 e. The minimum absolute atomic E-state index is 0.0363. The van der Waals surface area contributed by atoms with Gasteiger partial charge in [-0.05, 0) is 42.5 Å². The molecule has 1 aromatic heterocycles. The van der Waals surface area contributed by atoms with E-state index in [1.807, 2.05) is 24.3 Å². The molecule has 1 amide bonds. The third-order valence-corrected chi connectivity index (χ3v) is 3.93. The van der Waals surface area contributed by atoms with Gasteiger partial charge in [-0.1, -0.05) is 23.7 Å². The molecule has 1 N–H and O–H groups in total. The van der Waals surface area contributed by atoms with E-state index in [9.17, 15) is 9.18 Å². The summed E-state index contributed by atoms with van der Waals surface area (Å²) >= 11 is 10.9. The normalized spacial score (nSPS) is 10.9. The standard InChI is InChI=1S/C16H12ClFN2O2S/c17-11-9-10(5-6-12(11)18)19-15(21)7-8-20-13-3-1-2-4-14(13)22-16(20)23/h1-6,9H,7-8H2,(H,19,21). The van der Waals surface area contributed by atoms with Gasteiger partial charge in [0.15, 0.2) is 5.58 Å². The fourth-order valence-corrected chi connectivity index (χ4v) is 2.70. The number of oxazole rings is 1. The predicted molar refractivity (Wildman–Crippen MR) is 89.7 cm³/mol. The first-order chi connectivity index (χ1) is 11.0. The molecular weight excluding hydrogens is 339 g/mol. The second kappa shape index (κ2) is 6.52. The summed E-state index contributed by atoms with van der Waals surface area (Å²) in [6.45, 7) is 0.386. The minimum Gasteiger partial charge on any atom is -0.429 e. The zero-order valence-electron chi connectivity index (χ0n) is 11.9.